The minimum atomic E-state index is -0.433. The zero-order valence-corrected chi connectivity index (χ0v) is 9.08. The van der Waals surface area contributed by atoms with E-state index in [1.807, 2.05) is 0 Å². The second kappa shape index (κ2) is 8.12. The molecule has 0 radical (unpaired) electrons. The number of rotatable bonds is 9. The third-order valence-electron chi connectivity index (χ3n) is 2.23. The van der Waals surface area contributed by atoms with Gasteiger partial charge in [0.05, 0.1) is 6.04 Å². The van der Waals surface area contributed by atoms with Crippen molar-refractivity contribution in [3.05, 3.63) is 25.3 Å². The lowest BCUT2D eigenvalue weighted by atomic mass is 10.0. The van der Waals surface area contributed by atoms with Crippen LogP contribution in [0.3, 0.4) is 0 Å². The van der Waals surface area contributed by atoms with Crippen molar-refractivity contribution in [1.82, 2.24) is 0 Å². The first-order chi connectivity index (χ1) is 7.11. The van der Waals surface area contributed by atoms with Crippen LogP contribution in [0.15, 0.2) is 25.3 Å². The summed E-state index contributed by atoms with van der Waals surface area (Å²) in [6.45, 7) is 6.77. The van der Waals surface area contributed by atoms with Gasteiger partial charge < -0.3 is 5.73 Å². The largest absolute Gasteiger partial charge is 0.321 e. The quantitative estimate of drug-likeness (QED) is 0.465. The molecule has 0 spiro atoms. The van der Waals surface area contributed by atoms with E-state index in [1.165, 1.54) is 12.2 Å². The fourth-order valence-corrected chi connectivity index (χ4v) is 1.24. The van der Waals surface area contributed by atoms with Gasteiger partial charge in [-0.15, -0.1) is 0 Å². The van der Waals surface area contributed by atoms with Gasteiger partial charge in [0.25, 0.3) is 0 Å². The Morgan fingerprint density at radius 3 is 2.33 bits per heavy atom. The van der Waals surface area contributed by atoms with E-state index in [0.717, 1.165) is 19.3 Å². The van der Waals surface area contributed by atoms with Crippen LogP contribution in [0.1, 0.15) is 32.1 Å². The highest BCUT2D eigenvalue weighted by Crippen LogP contribution is 2.06. The van der Waals surface area contributed by atoms with Crippen LogP contribution < -0.4 is 5.73 Å². The number of nitrogens with two attached hydrogens (primary N) is 1. The molecule has 0 heterocycles. The number of allylic oxidation sites excluding steroid dienone is 1. The molecule has 3 nitrogen and oxygen atoms in total. The van der Waals surface area contributed by atoms with Gasteiger partial charge in [0.2, 0.25) is 0 Å². The lowest BCUT2D eigenvalue weighted by Gasteiger charge is -2.06. The van der Waals surface area contributed by atoms with Gasteiger partial charge in [-0.25, -0.2) is 0 Å². The summed E-state index contributed by atoms with van der Waals surface area (Å²) in [5.41, 5.74) is 5.59. The third-order valence-corrected chi connectivity index (χ3v) is 2.23. The maximum Gasteiger partial charge on any atom is 0.171 e. The average Bonchev–Trinajstić information content (AvgIpc) is 2.26. The summed E-state index contributed by atoms with van der Waals surface area (Å²) in [4.78, 5) is 21.9. The molecule has 0 aliphatic carbocycles. The number of carbonyl (C=O) groups excluding carboxylic acids is 2. The summed E-state index contributed by atoms with van der Waals surface area (Å²) in [5.74, 6) is -0.0429. The molecule has 0 rings (SSSR count). The van der Waals surface area contributed by atoms with Crippen molar-refractivity contribution in [1.29, 1.82) is 0 Å². The van der Waals surface area contributed by atoms with Crippen LogP contribution in [0, 0.1) is 0 Å². The van der Waals surface area contributed by atoms with Gasteiger partial charge >= 0.3 is 0 Å². The van der Waals surface area contributed by atoms with Crippen LogP contribution in [-0.2, 0) is 9.59 Å². The van der Waals surface area contributed by atoms with Crippen LogP contribution in [0.2, 0.25) is 0 Å². The van der Waals surface area contributed by atoms with E-state index in [1.54, 1.807) is 0 Å². The van der Waals surface area contributed by atoms with Crippen molar-refractivity contribution >= 4 is 11.6 Å². The van der Waals surface area contributed by atoms with Crippen molar-refractivity contribution in [2.75, 3.05) is 0 Å². The number of hydrogen-bond acceptors (Lipinski definition) is 3. The van der Waals surface area contributed by atoms with E-state index in [-0.39, 0.29) is 11.6 Å². The van der Waals surface area contributed by atoms with E-state index < -0.39 is 6.04 Å². The van der Waals surface area contributed by atoms with E-state index in [0.29, 0.717) is 12.8 Å². The van der Waals surface area contributed by atoms with Gasteiger partial charge in [0, 0.05) is 6.42 Å². The Morgan fingerprint density at radius 2 is 1.80 bits per heavy atom. The summed E-state index contributed by atoms with van der Waals surface area (Å²) >= 11 is 0. The topological polar surface area (TPSA) is 60.2 Å². The molecule has 0 aromatic carbocycles. The van der Waals surface area contributed by atoms with Crippen LogP contribution in [0.4, 0.5) is 0 Å². The Hall–Kier alpha value is -1.22. The standard InChI is InChI=1S/C12H19NO2/c1-3-10(14)8-6-5-7-9-11(13)12(15)4-2/h3-4,11H,1-2,5-9,13H2. The van der Waals surface area contributed by atoms with Gasteiger partial charge in [-0.3, -0.25) is 9.59 Å². The molecule has 0 amide bonds. The maximum absolute atomic E-state index is 11.0. The third kappa shape index (κ3) is 6.80. The smallest absolute Gasteiger partial charge is 0.171 e. The second-order valence-electron chi connectivity index (χ2n) is 3.48. The fourth-order valence-electron chi connectivity index (χ4n) is 1.24. The first kappa shape index (κ1) is 13.8. The highest BCUT2D eigenvalue weighted by molar-refractivity contribution is 5.93. The molecule has 3 heteroatoms. The number of ketones is 2. The first-order valence-electron chi connectivity index (χ1n) is 5.19. The van der Waals surface area contributed by atoms with Gasteiger partial charge in [0.1, 0.15) is 0 Å². The van der Waals surface area contributed by atoms with Crippen molar-refractivity contribution in [3.8, 4) is 0 Å². The zero-order chi connectivity index (χ0) is 11.7. The van der Waals surface area contributed by atoms with Gasteiger partial charge in [0.15, 0.2) is 11.6 Å². The Kier molecular flexibility index (Phi) is 7.46. The van der Waals surface area contributed by atoms with Crippen molar-refractivity contribution < 1.29 is 9.59 Å². The van der Waals surface area contributed by atoms with Crippen LogP contribution in [-0.4, -0.2) is 17.6 Å². The van der Waals surface area contributed by atoms with E-state index in [2.05, 4.69) is 13.2 Å². The first-order valence-corrected chi connectivity index (χ1v) is 5.19. The molecule has 0 aromatic heterocycles. The van der Waals surface area contributed by atoms with Crippen molar-refractivity contribution in [3.63, 3.8) is 0 Å². The molecular formula is C12H19NO2. The maximum atomic E-state index is 11.0. The van der Waals surface area contributed by atoms with Crippen LogP contribution >= 0.6 is 0 Å². The average molecular weight is 209 g/mol. The molecule has 0 saturated heterocycles. The molecule has 1 atom stereocenters. The molecule has 0 fully saturated rings. The normalized spacial score (nSPS) is 11.8. The van der Waals surface area contributed by atoms with Crippen LogP contribution in [0.25, 0.3) is 0 Å². The number of hydrogen-bond donors (Lipinski definition) is 1. The van der Waals surface area contributed by atoms with E-state index in [4.69, 9.17) is 5.73 Å². The minimum Gasteiger partial charge on any atom is -0.321 e. The summed E-state index contributed by atoms with van der Waals surface area (Å²) in [5, 5.41) is 0. The van der Waals surface area contributed by atoms with Gasteiger partial charge in [-0.05, 0) is 25.0 Å². The minimum absolute atomic E-state index is 0.0708. The SMILES string of the molecule is C=CC(=O)CCCCCC(N)C(=O)C=C. The molecule has 0 aliphatic rings. The molecule has 0 saturated carbocycles. The number of carbonyl (C=O) groups is 2. The second-order valence-corrected chi connectivity index (χ2v) is 3.48. The molecule has 1 unspecified atom stereocenters. The Balaban J connectivity index is 3.46. The monoisotopic (exact) mass is 209 g/mol. The Bertz CT molecular complexity index is 246. The zero-order valence-electron chi connectivity index (χ0n) is 9.08. The summed E-state index contributed by atoms with van der Waals surface area (Å²) < 4.78 is 0. The molecule has 0 aliphatic heterocycles. The molecule has 0 bridgehead atoms. The summed E-state index contributed by atoms with van der Waals surface area (Å²) in [7, 11) is 0. The fraction of sp³-hybridized carbons (Fsp3) is 0.500. The van der Waals surface area contributed by atoms with Crippen molar-refractivity contribution in [2.24, 2.45) is 5.73 Å². The molecule has 2 N–H and O–H groups in total. The van der Waals surface area contributed by atoms with E-state index >= 15 is 0 Å². The summed E-state index contributed by atoms with van der Waals surface area (Å²) in [6.07, 6.45) is 6.41. The van der Waals surface area contributed by atoms with Crippen LogP contribution in [0.5, 0.6) is 0 Å². The predicted molar refractivity (Wildman–Crippen MR) is 61.5 cm³/mol. The Labute approximate surface area is 91.0 Å². The van der Waals surface area contributed by atoms with Crippen molar-refractivity contribution in [2.45, 2.75) is 38.1 Å². The lowest BCUT2D eigenvalue weighted by molar-refractivity contribution is -0.116. The lowest BCUT2D eigenvalue weighted by Crippen LogP contribution is -2.28. The molecule has 84 valence electrons. The summed E-state index contributed by atoms with van der Waals surface area (Å²) in [6, 6.07) is -0.433. The number of unbranched alkanes of at least 4 members (excludes halogenated alkanes) is 2. The molecule has 15 heavy (non-hydrogen) atoms. The molecular weight excluding hydrogens is 190 g/mol. The molecule has 0 aromatic rings. The predicted octanol–water partition coefficient (Wildman–Crippen LogP) is 1.77. The van der Waals surface area contributed by atoms with E-state index in [9.17, 15) is 9.59 Å². The van der Waals surface area contributed by atoms with Gasteiger partial charge in [-0.2, -0.15) is 0 Å². The highest BCUT2D eigenvalue weighted by Gasteiger charge is 2.08. The Morgan fingerprint density at radius 1 is 1.13 bits per heavy atom. The highest BCUT2D eigenvalue weighted by atomic mass is 16.1. The van der Waals surface area contributed by atoms with Gasteiger partial charge in [-0.1, -0.05) is 26.0 Å².